The third kappa shape index (κ3) is 2.72. The van der Waals surface area contributed by atoms with Crippen LogP contribution in [0.3, 0.4) is 0 Å². The van der Waals surface area contributed by atoms with Gasteiger partial charge in [0.2, 0.25) is 0 Å². The van der Waals surface area contributed by atoms with E-state index in [-0.39, 0.29) is 32.6 Å². The van der Waals surface area contributed by atoms with Crippen molar-refractivity contribution in [1.82, 2.24) is 9.19 Å². The Kier molecular flexibility index (Phi) is 4.13. The van der Waals surface area contributed by atoms with Crippen LogP contribution in [0.25, 0.3) is 22.2 Å². The Hall–Kier alpha value is -3.54. The summed E-state index contributed by atoms with van der Waals surface area (Å²) in [6, 6.07) is 13.4. The van der Waals surface area contributed by atoms with Crippen LogP contribution in [0.2, 0.25) is 0 Å². The number of hydrogen-bond donors (Lipinski definition) is 2. The Morgan fingerprint density at radius 1 is 0.969 bits per heavy atom. The van der Waals surface area contributed by atoms with Gasteiger partial charge in [0.05, 0.1) is 21.7 Å². The molecule has 0 radical (unpaired) electrons. The lowest BCUT2D eigenvalue weighted by molar-refractivity contribution is 0.104. The summed E-state index contributed by atoms with van der Waals surface area (Å²) in [7, 11) is -9.15. The zero-order valence-electron chi connectivity index (χ0n) is 16.5. The zero-order valence-corrected chi connectivity index (χ0v) is 18.1. The molecule has 4 aromatic rings. The van der Waals surface area contributed by atoms with Gasteiger partial charge in [0, 0.05) is 16.5 Å². The highest BCUT2D eigenvalue weighted by molar-refractivity contribution is 7.90. The first-order valence-corrected chi connectivity index (χ1v) is 12.2. The minimum Gasteiger partial charge on any atom is -0.397 e. The quantitative estimate of drug-likeness (QED) is 0.302. The molecule has 1 aliphatic carbocycles. The fraction of sp³-hybridized carbons (Fsp3) is 0.0476. The van der Waals surface area contributed by atoms with Gasteiger partial charge in [-0.05, 0) is 25.1 Å². The maximum absolute atomic E-state index is 13.4. The summed E-state index contributed by atoms with van der Waals surface area (Å²) in [6.07, 6.45) is 0. The fourth-order valence-electron chi connectivity index (χ4n) is 3.90. The number of aromatic nitrogens is 2. The Morgan fingerprint density at radius 3 is 2.22 bits per heavy atom. The molecule has 0 bridgehead atoms. The van der Waals surface area contributed by atoms with Crippen LogP contribution in [0.5, 0.6) is 0 Å². The highest BCUT2D eigenvalue weighted by Gasteiger charge is 2.36. The van der Waals surface area contributed by atoms with E-state index in [1.807, 2.05) is 0 Å². The Morgan fingerprint density at radius 2 is 1.59 bits per heavy atom. The first-order valence-electron chi connectivity index (χ1n) is 9.31. The summed E-state index contributed by atoms with van der Waals surface area (Å²) >= 11 is 0. The van der Waals surface area contributed by atoms with E-state index in [0.29, 0.717) is 9.65 Å². The molecule has 9 nitrogen and oxygen atoms in total. The van der Waals surface area contributed by atoms with E-state index in [9.17, 15) is 26.2 Å². The minimum absolute atomic E-state index is 0.0790. The molecule has 5 rings (SSSR count). The molecule has 0 fully saturated rings. The van der Waals surface area contributed by atoms with Crippen LogP contribution in [0.1, 0.15) is 21.5 Å². The van der Waals surface area contributed by atoms with Gasteiger partial charge in [0.1, 0.15) is 10.6 Å². The molecule has 0 saturated heterocycles. The molecule has 3 N–H and O–H groups in total. The molecule has 3 aromatic carbocycles. The van der Waals surface area contributed by atoms with Crippen LogP contribution >= 0.6 is 0 Å². The van der Waals surface area contributed by atoms with E-state index in [0.717, 1.165) is 11.6 Å². The average molecular weight is 470 g/mol. The maximum atomic E-state index is 13.4. The number of ketones is 1. The number of aryl methyl sites for hydroxylation is 1. The Labute approximate surface area is 182 Å². The minimum atomic E-state index is -4.87. The Bertz CT molecular complexity index is 1690. The normalized spacial score (nSPS) is 13.4. The van der Waals surface area contributed by atoms with Crippen LogP contribution < -0.4 is 5.73 Å². The number of carbonyl (C=O) groups is 1. The van der Waals surface area contributed by atoms with Crippen LogP contribution in [0, 0.1) is 6.92 Å². The van der Waals surface area contributed by atoms with Gasteiger partial charge in [-0.25, -0.2) is 0 Å². The number of fused-ring (bicyclic) bond motifs is 2. The predicted molar refractivity (Wildman–Crippen MR) is 117 cm³/mol. The van der Waals surface area contributed by atoms with Gasteiger partial charge in [0.15, 0.2) is 5.78 Å². The summed E-state index contributed by atoms with van der Waals surface area (Å²) in [6.45, 7) is 1.80. The van der Waals surface area contributed by atoms with Crippen molar-refractivity contribution in [3.8, 4) is 11.3 Å². The van der Waals surface area contributed by atoms with Crippen molar-refractivity contribution in [3.63, 3.8) is 0 Å². The van der Waals surface area contributed by atoms with Crippen molar-refractivity contribution in [2.24, 2.45) is 0 Å². The van der Waals surface area contributed by atoms with Gasteiger partial charge in [-0.15, -0.1) is 0 Å². The van der Waals surface area contributed by atoms with E-state index >= 15 is 0 Å². The van der Waals surface area contributed by atoms with Gasteiger partial charge >= 0.3 is 0 Å². The fourth-order valence-corrected chi connectivity index (χ4v) is 5.81. The van der Waals surface area contributed by atoms with Crippen LogP contribution in [0.4, 0.5) is 5.69 Å². The van der Waals surface area contributed by atoms with E-state index in [2.05, 4.69) is 5.10 Å². The summed E-state index contributed by atoms with van der Waals surface area (Å²) in [5.41, 5.74) is 6.74. The molecule has 0 unspecified atom stereocenters. The van der Waals surface area contributed by atoms with Gasteiger partial charge in [-0.1, -0.05) is 42.0 Å². The maximum Gasteiger partial charge on any atom is 0.296 e. The van der Waals surface area contributed by atoms with Crippen molar-refractivity contribution in [3.05, 3.63) is 71.3 Å². The highest BCUT2D eigenvalue weighted by atomic mass is 32.2. The SMILES string of the molecule is Cc1ccc(S(=O)(=O)n2nc3c4c(c(N)c(S(=O)(=O)O)cc42)C(=O)c2ccccc2-3)cc1. The summed E-state index contributed by atoms with van der Waals surface area (Å²) in [4.78, 5) is 12.4. The first kappa shape index (κ1) is 20.4. The van der Waals surface area contributed by atoms with Crippen LogP contribution in [0.15, 0.2) is 64.4 Å². The smallest absolute Gasteiger partial charge is 0.296 e. The van der Waals surface area contributed by atoms with Gasteiger partial charge in [-0.3, -0.25) is 9.35 Å². The second kappa shape index (κ2) is 6.48. The molecular weight excluding hydrogens is 454 g/mol. The van der Waals surface area contributed by atoms with Crippen molar-refractivity contribution in [1.29, 1.82) is 0 Å². The molecule has 11 heteroatoms. The topological polar surface area (TPSA) is 149 Å². The Balaban J connectivity index is 1.97. The number of anilines is 1. The van der Waals surface area contributed by atoms with E-state index < -0.39 is 36.5 Å². The van der Waals surface area contributed by atoms with Crippen LogP contribution in [-0.4, -0.2) is 36.4 Å². The standard InChI is InChI=1S/C21H15N3O6S2/c1-11-6-8-12(9-7-11)31(26,27)24-15-10-16(32(28,29)30)19(22)18-17(15)20(23-24)13-4-2-3-5-14(13)21(18)25/h2-10H,22H2,1H3,(H,28,29,30). The number of nitrogens with two attached hydrogens (primary N) is 1. The van der Waals surface area contributed by atoms with Crippen LogP contribution in [-0.2, 0) is 20.1 Å². The molecule has 32 heavy (non-hydrogen) atoms. The lowest BCUT2D eigenvalue weighted by atomic mass is 9.86. The largest absolute Gasteiger partial charge is 0.397 e. The molecule has 0 spiro atoms. The highest BCUT2D eigenvalue weighted by Crippen LogP contribution is 2.44. The number of rotatable bonds is 3. The number of benzene rings is 3. The molecule has 1 heterocycles. The molecule has 0 saturated carbocycles. The van der Waals surface area contributed by atoms with E-state index in [1.54, 1.807) is 37.3 Å². The number of nitrogens with zero attached hydrogens (tertiary/aromatic N) is 2. The summed E-state index contributed by atoms with van der Waals surface area (Å²) < 4.78 is 61.2. The number of nitrogen functional groups attached to an aromatic ring is 1. The molecule has 0 aliphatic heterocycles. The number of hydrogen-bond acceptors (Lipinski definition) is 7. The van der Waals surface area contributed by atoms with Crippen molar-refractivity contribution in [2.75, 3.05) is 5.73 Å². The second-order valence-corrected chi connectivity index (χ2v) is 10.6. The lowest BCUT2D eigenvalue weighted by Crippen LogP contribution is -2.16. The van der Waals surface area contributed by atoms with E-state index in [4.69, 9.17) is 5.73 Å². The monoisotopic (exact) mass is 469 g/mol. The molecule has 162 valence electrons. The van der Waals surface area contributed by atoms with Gasteiger partial charge in [-0.2, -0.15) is 26.0 Å². The zero-order chi connectivity index (χ0) is 23.0. The summed E-state index contributed by atoms with van der Waals surface area (Å²) in [5, 5.41) is 4.38. The van der Waals surface area contributed by atoms with Gasteiger partial charge in [0.25, 0.3) is 20.1 Å². The molecular formula is C21H15N3O6S2. The molecule has 1 aliphatic rings. The van der Waals surface area contributed by atoms with Crippen molar-refractivity contribution < 1.29 is 26.2 Å². The van der Waals surface area contributed by atoms with E-state index in [1.165, 1.54) is 18.2 Å². The van der Waals surface area contributed by atoms with Crippen molar-refractivity contribution >= 4 is 42.5 Å². The molecule has 1 aromatic heterocycles. The first-order chi connectivity index (χ1) is 15.0. The summed E-state index contributed by atoms with van der Waals surface area (Å²) in [5.74, 6) is -0.589. The third-order valence-electron chi connectivity index (χ3n) is 5.42. The second-order valence-electron chi connectivity index (χ2n) is 7.42. The average Bonchev–Trinajstić information content (AvgIpc) is 3.12. The van der Waals surface area contributed by atoms with Gasteiger partial charge < -0.3 is 5.73 Å². The predicted octanol–water partition coefficient (Wildman–Crippen LogP) is 2.62. The van der Waals surface area contributed by atoms with Crippen molar-refractivity contribution in [2.45, 2.75) is 16.7 Å². The molecule has 0 amide bonds. The lowest BCUT2D eigenvalue weighted by Gasteiger charge is -2.17. The third-order valence-corrected chi connectivity index (χ3v) is 7.92. The number of carbonyl (C=O) groups excluding carboxylic acids is 1. The molecule has 0 atom stereocenters.